The van der Waals surface area contributed by atoms with E-state index in [0.717, 1.165) is 32.4 Å². The molecule has 2 aliphatic rings. The van der Waals surface area contributed by atoms with Crippen molar-refractivity contribution >= 4 is 5.91 Å². The van der Waals surface area contributed by atoms with E-state index in [4.69, 9.17) is 5.73 Å². The van der Waals surface area contributed by atoms with Gasteiger partial charge in [0.2, 0.25) is 5.91 Å². The Hall–Kier alpha value is -0.610. The van der Waals surface area contributed by atoms with Gasteiger partial charge in [0.05, 0.1) is 6.04 Å². The summed E-state index contributed by atoms with van der Waals surface area (Å²) in [4.78, 5) is 14.2. The molecule has 16 heavy (non-hydrogen) atoms. The van der Waals surface area contributed by atoms with Gasteiger partial charge in [0.1, 0.15) is 0 Å². The largest absolute Gasteiger partial charge is 0.352 e. The number of hydrogen-bond donors (Lipinski definition) is 2. The summed E-state index contributed by atoms with van der Waals surface area (Å²) in [5, 5.41) is 3.07. The van der Waals surface area contributed by atoms with Gasteiger partial charge in [-0.2, -0.15) is 0 Å². The fourth-order valence-electron chi connectivity index (χ4n) is 2.58. The van der Waals surface area contributed by atoms with Crippen molar-refractivity contribution in [3.8, 4) is 0 Å². The molecule has 4 heteroatoms. The number of carbonyl (C=O) groups excluding carboxylic acids is 1. The van der Waals surface area contributed by atoms with Gasteiger partial charge in [-0.05, 0) is 45.6 Å². The number of nitrogens with two attached hydrogens (primary N) is 1. The molecular weight excluding hydrogens is 202 g/mol. The maximum atomic E-state index is 11.9. The van der Waals surface area contributed by atoms with Crippen LogP contribution in [0.4, 0.5) is 0 Å². The van der Waals surface area contributed by atoms with Gasteiger partial charge in [-0.1, -0.05) is 0 Å². The Morgan fingerprint density at radius 3 is 2.75 bits per heavy atom. The molecule has 1 amide bonds. The third-order valence-electron chi connectivity index (χ3n) is 3.84. The smallest absolute Gasteiger partial charge is 0.237 e. The first-order valence-corrected chi connectivity index (χ1v) is 6.38. The molecule has 2 rings (SSSR count). The molecule has 0 radical (unpaired) electrons. The molecule has 0 aromatic heterocycles. The highest BCUT2D eigenvalue weighted by Gasteiger charge is 2.35. The van der Waals surface area contributed by atoms with Crippen molar-refractivity contribution in [3.63, 3.8) is 0 Å². The second kappa shape index (κ2) is 4.72. The molecule has 1 saturated heterocycles. The number of carbonyl (C=O) groups is 1. The second-order valence-electron chi connectivity index (χ2n) is 5.34. The molecule has 0 spiro atoms. The molecule has 0 aromatic carbocycles. The summed E-state index contributed by atoms with van der Waals surface area (Å²) < 4.78 is 0. The van der Waals surface area contributed by atoms with Crippen molar-refractivity contribution < 1.29 is 4.79 Å². The predicted octanol–water partition coefficient (Wildman–Crippen LogP) is 0.323. The van der Waals surface area contributed by atoms with Crippen molar-refractivity contribution in [3.05, 3.63) is 0 Å². The maximum Gasteiger partial charge on any atom is 0.237 e. The molecule has 0 bridgehead atoms. The van der Waals surface area contributed by atoms with E-state index < -0.39 is 0 Å². The second-order valence-corrected chi connectivity index (χ2v) is 5.34. The van der Waals surface area contributed by atoms with Crippen LogP contribution in [0.25, 0.3) is 0 Å². The highest BCUT2D eigenvalue weighted by molar-refractivity contribution is 5.81. The molecule has 1 heterocycles. The van der Waals surface area contributed by atoms with Crippen molar-refractivity contribution in [2.45, 2.75) is 51.2 Å². The van der Waals surface area contributed by atoms with Gasteiger partial charge in [0, 0.05) is 18.6 Å². The third kappa shape index (κ3) is 2.55. The van der Waals surface area contributed by atoms with Crippen LogP contribution in [-0.2, 0) is 4.79 Å². The number of nitrogens with zero attached hydrogens (tertiary/aromatic N) is 1. The van der Waals surface area contributed by atoms with Crippen LogP contribution < -0.4 is 11.1 Å². The first kappa shape index (κ1) is 11.9. The lowest BCUT2D eigenvalue weighted by atomic mass is 10.1. The van der Waals surface area contributed by atoms with Gasteiger partial charge in [-0.15, -0.1) is 0 Å². The molecule has 3 N–H and O–H groups in total. The van der Waals surface area contributed by atoms with Gasteiger partial charge >= 0.3 is 0 Å². The Labute approximate surface area is 97.6 Å². The van der Waals surface area contributed by atoms with E-state index in [1.807, 2.05) is 6.92 Å². The Morgan fingerprint density at radius 2 is 2.25 bits per heavy atom. The van der Waals surface area contributed by atoms with Crippen LogP contribution in [0.3, 0.4) is 0 Å². The highest BCUT2D eigenvalue weighted by Crippen LogP contribution is 2.25. The number of rotatable bonds is 4. The summed E-state index contributed by atoms with van der Waals surface area (Å²) in [6, 6.07) is 0.929. The summed E-state index contributed by atoms with van der Waals surface area (Å²) in [6.45, 7) is 5.90. The predicted molar refractivity (Wildman–Crippen MR) is 64.0 cm³/mol. The van der Waals surface area contributed by atoms with Crippen molar-refractivity contribution in [2.24, 2.45) is 11.7 Å². The number of likely N-dealkylation sites (tertiary alicyclic amines) is 1. The Bertz CT molecular complexity index is 265. The zero-order valence-electron chi connectivity index (χ0n) is 10.3. The van der Waals surface area contributed by atoms with Crippen LogP contribution in [0.5, 0.6) is 0 Å². The van der Waals surface area contributed by atoms with Gasteiger partial charge < -0.3 is 11.1 Å². The molecule has 4 nitrogen and oxygen atoms in total. The topological polar surface area (TPSA) is 58.4 Å². The standard InChI is InChI=1S/C12H23N3O/c1-8-5-10(6-13)7-15(8)9(2)12(16)14-11-3-4-11/h8-11H,3-7,13H2,1-2H3,(H,14,16). The zero-order valence-corrected chi connectivity index (χ0v) is 10.3. The molecule has 2 fully saturated rings. The van der Waals surface area contributed by atoms with Crippen LogP contribution in [0.15, 0.2) is 0 Å². The Kier molecular flexibility index (Phi) is 3.50. The first-order valence-electron chi connectivity index (χ1n) is 6.38. The third-order valence-corrected chi connectivity index (χ3v) is 3.84. The average Bonchev–Trinajstić information content (AvgIpc) is 2.99. The zero-order chi connectivity index (χ0) is 11.7. The van der Waals surface area contributed by atoms with Crippen LogP contribution in [0, 0.1) is 5.92 Å². The molecule has 1 saturated carbocycles. The van der Waals surface area contributed by atoms with Gasteiger partial charge in [-0.3, -0.25) is 9.69 Å². The monoisotopic (exact) mass is 225 g/mol. The first-order chi connectivity index (χ1) is 7.61. The van der Waals surface area contributed by atoms with Crippen molar-refractivity contribution in [2.75, 3.05) is 13.1 Å². The summed E-state index contributed by atoms with van der Waals surface area (Å²) >= 11 is 0. The fourth-order valence-corrected chi connectivity index (χ4v) is 2.58. The Balaban J connectivity index is 1.87. The normalized spacial score (nSPS) is 32.7. The molecular formula is C12H23N3O. The van der Waals surface area contributed by atoms with E-state index >= 15 is 0 Å². The number of hydrogen-bond acceptors (Lipinski definition) is 3. The Morgan fingerprint density at radius 1 is 1.56 bits per heavy atom. The summed E-state index contributed by atoms with van der Waals surface area (Å²) in [7, 11) is 0. The van der Waals surface area contributed by atoms with E-state index in [2.05, 4.69) is 17.1 Å². The lowest BCUT2D eigenvalue weighted by Gasteiger charge is -2.27. The minimum Gasteiger partial charge on any atom is -0.352 e. The van der Waals surface area contributed by atoms with E-state index in [9.17, 15) is 4.79 Å². The molecule has 3 unspecified atom stereocenters. The SMILES string of the molecule is CC1CC(CN)CN1C(C)C(=O)NC1CC1. The van der Waals surface area contributed by atoms with Crippen LogP contribution in [0.2, 0.25) is 0 Å². The highest BCUT2D eigenvalue weighted by atomic mass is 16.2. The minimum absolute atomic E-state index is 0.00727. The van der Waals surface area contributed by atoms with Crippen molar-refractivity contribution in [1.29, 1.82) is 0 Å². The fraction of sp³-hybridized carbons (Fsp3) is 0.917. The van der Waals surface area contributed by atoms with E-state index in [1.54, 1.807) is 0 Å². The van der Waals surface area contributed by atoms with E-state index in [0.29, 0.717) is 18.0 Å². The lowest BCUT2D eigenvalue weighted by Crippen LogP contribution is -2.47. The van der Waals surface area contributed by atoms with Crippen LogP contribution in [-0.4, -0.2) is 42.0 Å². The average molecular weight is 225 g/mol. The van der Waals surface area contributed by atoms with E-state index in [1.165, 1.54) is 0 Å². The quantitative estimate of drug-likeness (QED) is 0.724. The summed E-state index contributed by atoms with van der Waals surface area (Å²) in [6.07, 6.45) is 3.43. The lowest BCUT2D eigenvalue weighted by molar-refractivity contribution is -0.126. The summed E-state index contributed by atoms with van der Waals surface area (Å²) in [5.41, 5.74) is 5.70. The molecule has 92 valence electrons. The number of amides is 1. The number of nitrogens with one attached hydrogen (secondary N) is 1. The van der Waals surface area contributed by atoms with Crippen LogP contribution >= 0.6 is 0 Å². The van der Waals surface area contributed by atoms with Crippen LogP contribution in [0.1, 0.15) is 33.1 Å². The molecule has 1 aliphatic heterocycles. The van der Waals surface area contributed by atoms with Gasteiger partial charge in [-0.25, -0.2) is 0 Å². The molecule has 1 aliphatic carbocycles. The van der Waals surface area contributed by atoms with Crippen molar-refractivity contribution in [1.82, 2.24) is 10.2 Å². The molecule has 0 aromatic rings. The maximum absolute atomic E-state index is 11.9. The van der Waals surface area contributed by atoms with E-state index in [-0.39, 0.29) is 11.9 Å². The summed E-state index contributed by atoms with van der Waals surface area (Å²) in [5.74, 6) is 0.748. The molecule has 3 atom stereocenters. The van der Waals surface area contributed by atoms with Gasteiger partial charge in [0.25, 0.3) is 0 Å². The van der Waals surface area contributed by atoms with Gasteiger partial charge in [0.15, 0.2) is 0 Å². The minimum atomic E-state index is -0.00727.